The Morgan fingerprint density at radius 1 is 1.18 bits per heavy atom. The molecule has 28 heavy (non-hydrogen) atoms. The normalized spacial score (nSPS) is 31.6. The zero-order chi connectivity index (χ0) is 19.0. The average molecular weight is 504 g/mol. The maximum Gasteiger partial charge on any atom is 0.225 e. The van der Waals surface area contributed by atoms with Crippen LogP contribution in [0.5, 0.6) is 0 Å². The van der Waals surface area contributed by atoms with Crippen molar-refractivity contribution in [2.75, 3.05) is 39.3 Å². The molecule has 2 heterocycles. The molecular formula is C21H37IN4O2. The summed E-state index contributed by atoms with van der Waals surface area (Å²) in [4.78, 5) is 21.5. The van der Waals surface area contributed by atoms with Crippen LogP contribution in [0.3, 0.4) is 0 Å². The van der Waals surface area contributed by atoms with Gasteiger partial charge in [-0.3, -0.25) is 9.79 Å². The first kappa shape index (κ1) is 22.1. The van der Waals surface area contributed by atoms with E-state index in [1.54, 1.807) is 0 Å². The number of piperazine rings is 1. The maximum absolute atomic E-state index is 12.3. The standard InChI is InChI=1S/C21H36N4O2.HI/c1-4-22-20(25-12-10-24(11-13-25)19(26)15(2)3)23-17-16-7-14-27-18(16)21(17)8-5-6-9-21;/h15-18H,4-14H2,1-3H3,(H,22,23);1H. The molecule has 0 aromatic carbocycles. The van der Waals surface area contributed by atoms with Crippen LogP contribution in [0.1, 0.15) is 52.9 Å². The summed E-state index contributed by atoms with van der Waals surface area (Å²) in [6.07, 6.45) is 6.91. The van der Waals surface area contributed by atoms with Crippen molar-refractivity contribution in [1.82, 2.24) is 15.1 Å². The third kappa shape index (κ3) is 3.77. The van der Waals surface area contributed by atoms with Crippen LogP contribution in [0, 0.1) is 17.3 Å². The second-order valence-corrected chi connectivity index (χ2v) is 9.07. The Morgan fingerprint density at radius 3 is 2.43 bits per heavy atom. The van der Waals surface area contributed by atoms with Crippen molar-refractivity contribution in [2.45, 2.75) is 65.0 Å². The van der Waals surface area contributed by atoms with Crippen molar-refractivity contribution in [3.05, 3.63) is 0 Å². The highest BCUT2D eigenvalue weighted by molar-refractivity contribution is 14.0. The zero-order valence-electron chi connectivity index (χ0n) is 17.7. The Labute approximate surface area is 186 Å². The van der Waals surface area contributed by atoms with Crippen LogP contribution in [0.2, 0.25) is 0 Å². The molecule has 1 spiro atoms. The molecule has 0 radical (unpaired) electrons. The molecule has 3 atom stereocenters. The van der Waals surface area contributed by atoms with Crippen LogP contribution in [0.15, 0.2) is 4.99 Å². The fraction of sp³-hybridized carbons (Fsp3) is 0.905. The van der Waals surface area contributed by atoms with Gasteiger partial charge in [0.25, 0.3) is 0 Å². The van der Waals surface area contributed by atoms with Gasteiger partial charge >= 0.3 is 0 Å². The molecule has 2 aliphatic heterocycles. The zero-order valence-corrected chi connectivity index (χ0v) is 20.0. The number of nitrogens with zero attached hydrogens (tertiary/aromatic N) is 3. The van der Waals surface area contributed by atoms with Crippen LogP contribution in [-0.4, -0.2) is 73.1 Å². The summed E-state index contributed by atoms with van der Waals surface area (Å²) in [5, 5.41) is 3.89. The Morgan fingerprint density at radius 2 is 1.82 bits per heavy atom. The number of ether oxygens (including phenoxy) is 1. The summed E-state index contributed by atoms with van der Waals surface area (Å²) < 4.78 is 6.13. The highest BCUT2D eigenvalue weighted by Gasteiger charge is 2.65. The van der Waals surface area contributed by atoms with Crippen molar-refractivity contribution in [1.29, 1.82) is 0 Å². The molecule has 2 saturated carbocycles. The molecule has 4 fully saturated rings. The fourth-order valence-corrected chi connectivity index (χ4v) is 5.93. The quantitative estimate of drug-likeness (QED) is 0.365. The topological polar surface area (TPSA) is 57.2 Å². The molecule has 0 aromatic heterocycles. The van der Waals surface area contributed by atoms with E-state index in [9.17, 15) is 4.79 Å². The number of amides is 1. The summed E-state index contributed by atoms with van der Waals surface area (Å²) in [6, 6.07) is 0.508. The first-order valence-electron chi connectivity index (χ1n) is 11.0. The van der Waals surface area contributed by atoms with E-state index in [1.807, 2.05) is 18.7 Å². The SMILES string of the molecule is CCN=C(NC1C2CCOC2C12CCCC2)N1CCN(C(=O)C(C)C)CC1.I. The average Bonchev–Trinajstić information content (AvgIpc) is 3.33. The van der Waals surface area contributed by atoms with Gasteiger partial charge in [-0.05, 0) is 26.2 Å². The van der Waals surface area contributed by atoms with E-state index in [1.165, 1.54) is 32.1 Å². The summed E-state index contributed by atoms with van der Waals surface area (Å²) >= 11 is 0. The van der Waals surface area contributed by atoms with E-state index in [-0.39, 0.29) is 35.8 Å². The van der Waals surface area contributed by atoms with Crippen molar-refractivity contribution < 1.29 is 9.53 Å². The minimum absolute atomic E-state index is 0. The molecule has 4 rings (SSSR count). The largest absolute Gasteiger partial charge is 0.377 e. The molecule has 2 saturated heterocycles. The van der Waals surface area contributed by atoms with Gasteiger partial charge in [0.15, 0.2) is 5.96 Å². The highest BCUT2D eigenvalue weighted by atomic mass is 127. The molecule has 3 unspecified atom stereocenters. The van der Waals surface area contributed by atoms with Crippen LogP contribution < -0.4 is 5.32 Å². The minimum Gasteiger partial charge on any atom is -0.377 e. The van der Waals surface area contributed by atoms with E-state index in [0.29, 0.717) is 23.5 Å². The van der Waals surface area contributed by atoms with E-state index >= 15 is 0 Å². The van der Waals surface area contributed by atoms with Crippen molar-refractivity contribution in [3.8, 4) is 0 Å². The Kier molecular flexibility index (Phi) is 7.16. The lowest BCUT2D eigenvalue weighted by Crippen LogP contribution is -2.70. The van der Waals surface area contributed by atoms with E-state index in [4.69, 9.17) is 9.73 Å². The van der Waals surface area contributed by atoms with Gasteiger partial charge in [0, 0.05) is 62.6 Å². The number of halogens is 1. The van der Waals surface area contributed by atoms with Crippen molar-refractivity contribution in [3.63, 3.8) is 0 Å². The molecule has 1 N–H and O–H groups in total. The van der Waals surface area contributed by atoms with E-state index in [0.717, 1.165) is 45.3 Å². The van der Waals surface area contributed by atoms with Crippen molar-refractivity contribution >= 4 is 35.8 Å². The number of aliphatic imine (C=N–C) groups is 1. The van der Waals surface area contributed by atoms with Gasteiger partial charge in [-0.15, -0.1) is 24.0 Å². The lowest BCUT2D eigenvalue weighted by Gasteiger charge is -2.57. The van der Waals surface area contributed by atoms with Crippen molar-refractivity contribution in [2.24, 2.45) is 22.2 Å². The Hall–Kier alpha value is -0.570. The number of carbonyl (C=O) groups is 1. The van der Waals surface area contributed by atoms with Crippen LogP contribution in [0.4, 0.5) is 0 Å². The molecule has 4 aliphatic rings. The number of hydrogen-bond acceptors (Lipinski definition) is 3. The third-order valence-corrected chi connectivity index (χ3v) is 7.26. The predicted octanol–water partition coefficient (Wildman–Crippen LogP) is 2.72. The summed E-state index contributed by atoms with van der Waals surface area (Å²) in [7, 11) is 0. The Balaban J connectivity index is 0.00000225. The van der Waals surface area contributed by atoms with Gasteiger partial charge in [0.05, 0.1) is 6.10 Å². The molecule has 0 bridgehead atoms. The smallest absolute Gasteiger partial charge is 0.225 e. The number of rotatable bonds is 3. The lowest BCUT2D eigenvalue weighted by molar-refractivity contribution is -0.135. The molecule has 7 heteroatoms. The third-order valence-electron chi connectivity index (χ3n) is 7.26. The molecule has 2 aliphatic carbocycles. The fourth-order valence-electron chi connectivity index (χ4n) is 5.93. The Bertz CT molecular complexity index is 583. The lowest BCUT2D eigenvalue weighted by atomic mass is 9.54. The van der Waals surface area contributed by atoms with Gasteiger partial charge in [-0.1, -0.05) is 26.7 Å². The molecule has 1 amide bonds. The number of fused-ring (bicyclic) bond motifs is 2. The van der Waals surface area contributed by atoms with Gasteiger partial charge in [-0.2, -0.15) is 0 Å². The van der Waals surface area contributed by atoms with Gasteiger partial charge in [-0.25, -0.2) is 0 Å². The molecule has 160 valence electrons. The number of carbonyl (C=O) groups excluding carboxylic acids is 1. The molecule has 6 nitrogen and oxygen atoms in total. The predicted molar refractivity (Wildman–Crippen MR) is 122 cm³/mol. The van der Waals surface area contributed by atoms with Gasteiger partial charge in [0.2, 0.25) is 5.91 Å². The highest BCUT2D eigenvalue weighted by Crippen LogP contribution is 2.60. The minimum atomic E-state index is 0. The van der Waals surface area contributed by atoms with Gasteiger partial charge in [0.1, 0.15) is 0 Å². The number of nitrogens with one attached hydrogen (secondary N) is 1. The molecule has 0 aromatic rings. The van der Waals surface area contributed by atoms with E-state index in [2.05, 4.69) is 17.1 Å². The van der Waals surface area contributed by atoms with Crippen LogP contribution in [-0.2, 0) is 9.53 Å². The maximum atomic E-state index is 12.3. The molecular weight excluding hydrogens is 467 g/mol. The summed E-state index contributed by atoms with van der Waals surface area (Å²) in [5.41, 5.74) is 0.338. The van der Waals surface area contributed by atoms with E-state index < -0.39 is 0 Å². The second-order valence-electron chi connectivity index (χ2n) is 9.07. The van der Waals surface area contributed by atoms with Crippen LogP contribution >= 0.6 is 24.0 Å². The summed E-state index contributed by atoms with van der Waals surface area (Å²) in [5.74, 6) is 2.05. The summed E-state index contributed by atoms with van der Waals surface area (Å²) in [6.45, 7) is 11.1. The number of guanidine groups is 1. The first-order valence-corrected chi connectivity index (χ1v) is 11.0. The first-order chi connectivity index (χ1) is 13.1. The van der Waals surface area contributed by atoms with Crippen LogP contribution in [0.25, 0.3) is 0 Å². The number of hydrogen-bond donors (Lipinski definition) is 1. The second kappa shape index (κ2) is 9.06. The monoisotopic (exact) mass is 504 g/mol. The van der Waals surface area contributed by atoms with Gasteiger partial charge < -0.3 is 19.9 Å².